The van der Waals surface area contributed by atoms with Gasteiger partial charge in [-0.25, -0.2) is 5.06 Å². The molecule has 1 spiro atoms. The Morgan fingerprint density at radius 1 is 1.64 bits per heavy atom. The fraction of sp³-hybridized carbons (Fsp3) is 0.900. The first-order chi connectivity index (χ1) is 6.65. The van der Waals surface area contributed by atoms with E-state index in [0.717, 1.165) is 19.3 Å². The normalized spacial score (nSPS) is 26.7. The van der Waals surface area contributed by atoms with Gasteiger partial charge in [-0.3, -0.25) is 9.63 Å². The second-order valence-electron chi connectivity index (χ2n) is 4.55. The Hall–Kier alpha value is -0.610. The summed E-state index contributed by atoms with van der Waals surface area (Å²) in [6, 6.07) is 0. The van der Waals surface area contributed by atoms with Crippen molar-refractivity contribution in [3.05, 3.63) is 0 Å². The Morgan fingerprint density at radius 2 is 2.36 bits per heavy atom. The van der Waals surface area contributed by atoms with Crippen molar-refractivity contribution in [3.8, 4) is 0 Å². The lowest BCUT2D eigenvalue weighted by molar-refractivity contribution is -0.223. The van der Waals surface area contributed by atoms with E-state index in [4.69, 9.17) is 9.94 Å². The predicted octanol–water partition coefficient (Wildman–Crippen LogP) is 0.701. The maximum Gasteiger partial charge on any atom is 0.249 e. The Bertz CT molecular complexity index is 238. The molecular formula is C10H17NO3. The van der Waals surface area contributed by atoms with Crippen molar-refractivity contribution in [2.24, 2.45) is 5.92 Å². The third-order valence-electron chi connectivity index (χ3n) is 3.11. The van der Waals surface area contributed by atoms with Gasteiger partial charge in [0, 0.05) is 6.61 Å². The molecule has 4 nitrogen and oxygen atoms in total. The van der Waals surface area contributed by atoms with E-state index in [1.807, 2.05) is 6.92 Å². The highest BCUT2D eigenvalue weighted by molar-refractivity contribution is 5.78. The molecule has 1 heterocycles. The molecule has 0 radical (unpaired) electrons. The average Bonchev–Trinajstić information content (AvgIpc) is 2.43. The molecule has 0 bridgehead atoms. The molecule has 1 N–H and O–H groups in total. The number of nitrogens with zero attached hydrogens (tertiary/aromatic N) is 1. The molecule has 1 atom stereocenters. The second-order valence-corrected chi connectivity index (χ2v) is 4.55. The average molecular weight is 199 g/mol. The lowest BCUT2D eigenvalue weighted by Gasteiger charge is -2.36. The molecule has 1 amide bonds. The Balaban J connectivity index is 1.91. The minimum atomic E-state index is -0.160. The van der Waals surface area contributed by atoms with Gasteiger partial charge in [-0.15, -0.1) is 0 Å². The fourth-order valence-corrected chi connectivity index (χ4v) is 2.00. The standard InChI is InChI=1S/C10H17NO3/c1-8(7-12)6-11-9(13)5-10(14-11)3-2-4-10/h8,12H,2-7H2,1H3. The maximum absolute atomic E-state index is 11.6. The number of hydrogen-bond donors (Lipinski definition) is 1. The third kappa shape index (κ3) is 1.64. The maximum atomic E-state index is 11.6. The van der Waals surface area contributed by atoms with Crippen LogP contribution < -0.4 is 0 Å². The summed E-state index contributed by atoms with van der Waals surface area (Å²) >= 11 is 0. The zero-order valence-electron chi connectivity index (χ0n) is 8.53. The van der Waals surface area contributed by atoms with Gasteiger partial charge >= 0.3 is 0 Å². The third-order valence-corrected chi connectivity index (χ3v) is 3.11. The lowest BCUT2D eigenvalue weighted by atomic mass is 9.78. The second kappa shape index (κ2) is 3.51. The molecule has 1 aliphatic carbocycles. The molecule has 80 valence electrons. The van der Waals surface area contributed by atoms with Crippen LogP contribution in [0.5, 0.6) is 0 Å². The number of aliphatic hydroxyl groups is 1. The number of rotatable bonds is 3. The van der Waals surface area contributed by atoms with Crippen LogP contribution in [-0.2, 0) is 9.63 Å². The minimum absolute atomic E-state index is 0.0741. The molecule has 2 rings (SSSR count). The molecule has 1 saturated heterocycles. The van der Waals surface area contributed by atoms with Crippen LogP contribution in [0.25, 0.3) is 0 Å². The van der Waals surface area contributed by atoms with Crippen LogP contribution in [0.4, 0.5) is 0 Å². The van der Waals surface area contributed by atoms with Gasteiger partial charge in [0.05, 0.1) is 13.0 Å². The topological polar surface area (TPSA) is 49.8 Å². The summed E-state index contributed by atoms with van der Waals surface area (Å²) < 4.78 is 0. The summed E-state index contributed by atoms with van der Waals surface area (Å²) in [6.07, 6.45) is 3.70. The molecule has 1 unspecified atom stereocenters. The molecular weight excluding hydrogens is 182 g/mol. The van der Waals surface area contributed by atoms with Crippen molar-refractivity contribution in [2.75, 3.05) is 13.2 Å². The van der Waals surface area contributed by atoms with Gasteiger partial charge in [-0.1, -0.05) is 6.92 Å². The van der Waals surface area contributed by atoms with Crippen LogP contribution in [-0.4, -0.2) is 34.8 Å². The Labute approximate surface area is 83.8 Å². The largest absolute Gasteiger partial charge is 0.396 e. The number of carbonyl (C=O) groups excluding carboxylic acids is 1. The summed E-state index contributed by atoms with van der Waals surface area (Å²) in [5, 5.41) is 10.3. The zero-order valence-corrected chi connectivity index (χ0v) is 8.53. The lowest BCUT2D eigenvalue weighted by Crippen LogP contribution is -2.38. The summed E-state index contributed by atoms with van der Waals surface area (Å²) in [6.45, 7) is 2.51. The van der Waals surface area contributed by atoms with E-state index in [2.05, 4.69) is 0 Å². The molecule has 14 heavy (non-hydrogen) atoms. The Morgan fingerprint density at radius 3 is 2.79 bits per heavy atom. The molecule has 0 aromatic heterocycles. The molecule has 1 aliphatic heterocycles. The SMILES string of the molecule is CC(CO)CN1OC2(CCC2)CC1=O. The Kier molecular flexibility index (Phi) is 2.49. The molecule has 0 aromatic carbocycles. The van der Waals surface area contributed by atoms with Gasteiger partial charge in [0.2, 0.25) is 5.91 Å². The molecule has 4 heteroatoms. The number of carbonyl (C=O) groups is 1. The molecule has 2 aliphatic rings. The van der Waals surface area contributed by atoms with Crippen LogP contribution in [0.1, 0.15) is 32.6 Å². The fourth-order valence-electron chi connectivity index (χ4n) is 2.00. The van der Waals surface area contributed by atoms with Gasteiger partial charge in [-0.05, 0) is 25.2 Å². The van der Waals surface area contributed by atoms with Crippen LogP contribution in [0.3, 0.4) is 0 Å². The van der Waals surface area contributed by atoms with Crippen LogP contribution in [0.2, 0.25) is 0 Å². The van der Waals surface area contributed by atoms with Crippen LogP contribution in [0, 0.1) is 5.92 Å². The van der Waals surface area contributed by atoms with Crippen molar-refractivity contribution in [1.29, 1.82) is 0 Å². The van der Waals surface area contributed by atoms with E-state index in [9.17, 15) is 4.79 Å². The van der Waals surface area contributed by atoms with Crippen molar-refractivity contribution >= 4 is 5.91 Å². The summed E-state index contributed by atoms with van der Waals surface area (Å²) in [4.78, 5) is 17.2. The number of hydroxylamine groups is 2. The van der Waals surface area contributed by atoms with Crippen molar-refractivity contribution in [3.63, 3.8) is 0 Å². The highest BCUT2D eigenvalue weighted by atomic mass is 16.7. The van der Waals surface area contributed by atoms with E-state index in [1.54, 1.807) is 0 Å². The van der Waals surface area contributed by atoms with Crippen molar-refractivity contribution in [2.45, 2.75) is 38.2 Å². The molecule has 2 fully saturated rings. The van der Waals surface area contributed by atoms with Crippen molar-refractivity contribution in [1.82, 2.24) is 5.06 Å². The highest BCUT2D eigenvalue weighted by Crippen LogP contribution is 2.43. The highest BCUT2D eigenvalue weighted by Gasteiger charge is 2.49. The smallest absolute Gasteiger partial charge is 0.249 e. The van der Waals surface area contributed by atoms with Crippen LogP contribution in [0.15, 0.2) is 0 Å². The van der Waals surface area contributed by atoms with Gasteiger partial charge in [0.25, 0.3) is 0 Å². The first-order valence-electron chi connectivity index (χ1n) is 5.25. The first kappa shape index (κ1) is 9.93. The molecule has 1 saturated carbocycles. The quantitative estimate of drug-likeness (QED) is 0.728. The zero-order chi connectivity index (χ0) is 10.2. The van der Waals surface area contributed by atoms with Gasteiger partial charge in [0.15, 0.2) is 0 Å². The van der Waals surface area contributed by atoms with E-state index in [1.165, 1.54) is 5.06 Å². The number of amides is 1. The van der Waals surface area contributed by atoms with Gasteiger partial charge in [0.1, 0.15) is 5.60 Å². The van der Waals surface area contributed by atoms with Crippen molar-refractivity contribution < 1.29 is 14.7 Å². The predicted molar refractivity (Wildman–Crippen MR) is 50.2 cm³/mol. The summed E-state index contributed by atoms with van der Waals surface area (Å²) in [7, 11) is 0. The minimum Gasteiger partial charge on any atom is -0.396 e. The summed E-state index contributed by atoms with van der Waals surface area (Å²) in [5.74, 6) is 0.166. The van der Waals surface area contributed by atoms with E-state index < -0.39 is 0 Å². The van der Waals surface area contributed by atoms with E-state index >= 15 is 0 Å². The van der Waals surface area contributed by atoms with E-state index in [-0.39, 0.29) is 24.0 Å². The van der Waals surface area contributed by atoms with Gasteiger partial charge < -0.3 is 5.11 Å². The van der Waals surface area contributed by atoms with Crippen LogP contribution >= 0.6 is 0 Å². The first-order valence-corrected chi connectivity index (χ1v) is 5.25. The number of hydrogen-bond acceptors (Lipinski definition) is 3. The number of aliphatic hydroxyl groups excluding tert-OH is 1. The van der Waals surface area contributed by atoms with Gasteiger partial charge in [-0.2, -0.15) is 0 Å². The van der Waals surface area contributed by atoms with E-state index in [0.29, 0.717) is 13.0 Å². The molecule has 0 aromatic rings. The monoisotopic (exact) mass is 199 g/mol. The summed E-state index contributed by atoms with van der Waals surface area (Å²) in [5.41, 5.74) is -0.160.